The minimum atomic E-state index is -4.63. The van der Waals surface area contributed by atoms with Crippen LogP contribution in [0.2, 0.25) is 0 Å². The topological polar surface area (TPSA) is 167 Å². The molecule has 12 nitrogen and oxygen atoms in total. The van der Waals surface area contributed by atoms with E-state index in [0.29, 0.717) is 18.7 Å². The molecule has 4 atom stereocenters. The largest absolute Gasteiger partial charge is 0.472 e. The molecule has 0 spiro atoms. The monoisotopic (exact) mass is 599 g/mol. The highest BCUT2D eigenvalue weighted by Gasteiger charge is 2.38. The summed E-state index contributed by atoms with van der Waals surface area (Å²) < 4.78 is 62.2. The smallest absolute Gasteiger partial charge is 0.444 e. The molecule has 0 aliphatic carbocycles. The van der Waals surface area contributed by atoms with Crippen LogP contribution in [-0.2, 0) is 39.5 Å². The van der Waals surface area contributed by atoms with Crippen molar-refractivity contribution in [2.24, 2.45) is 5.92 Å². The van der Waals surface area contributed by atoms with Gasteiger partial charge in [-0.1, -0.05) is 44.2 Å². The van der Waals surface area contributed by atoms with Gasteiger partial charge in [-0.15, -0.1) is 0 Å². The summed E-state index contributed by atoms with van der Waals surface area (Å²) in [5.74, 6) is -0.111. The number of alkyl carbamates (subject to hydrolysis) is 1. The van der Waals surface area contributed by atoms with Crippen molar-refractivity contribution in [3.8, 4) is 0 Å². The summed E-state index contributed by atoms with van der Waals surface area (Å²) in [5, 5.41) is 2.73. The lowest BCUT2D eigenvalue weighted by atomic mass is 10.0. The molecule has 1 aliphatic heterocycles. The number of benzene rings is 2. The molecule has 0 radical (unpaired) electrons. The molecule has 1 saturated heterocycles. The molecule has 222 valence electrons. The van der Waals surface area contributed by atoms with Gasteiger partial charge >= 0.3 is 13.9 Å². The van der Waals surface area contributed by atoms with E-state index in [4.69, 9.17) is 19.7 Å². The molecule has 1 amide bonds. The van der Waals surface area contributed by atoms with Crippen molar-refractivity contribution in [1.82, 2.24) is 9.62 Å². The van der Waals surface area contributed by atoms with Crippen molar-refractivity contribution in [3.05, 3.63) is 60.2 Å². The molecule has 1 unspecified atom stereocenters. The maximum absolute atomic E-state index is 13.7. The molecule has 0 bridgehead atoms. The first-order valence-electron chi connectivity index (χ1n) is 12.9. The third kappa shape index (κ3) is 9.55. The molecule has 2 aromatic carbocycles. The standard InChI is InChI=1S/C26H38N3O9PS/c1-19(2)16-29(40(33,34)23-11-9-21(27)10-12-23)17-25(38-39(31,32)35-3)24(15-20-7-5-4-6-8-20)28-26(30)37-22-13-14-36-18-22/h4-12,19,22,24-25H,13-18,27H2,1-3H3,(H,28,30)(H,31,32)/t22-,24-,25+/m0/s1. The number of carbonyl (C=O) groups excluding carboxylic acids is 1. The molecule has 1 aliphatic rings. The zero-order chi connectivity index (χ0) is 29.3. The van der Waals surface area contributed by atoms with Gasteiger partial charge in [0.05, 0.1) is 24.2 Å². The Morgan fingerprint density at radius 3 is 2.42 bits per heavy atom. The van der Waals surface area contributed by atoms with Crippen LogP contribution in [-0.4, -0.2) is 75.4 Å². The summed E-state index contributed by atoms with van der Waals surface area (Å²) in [6.45, 7) is 4.10. The summed E-state index contributed by atoms with van der Waals surface area (Å²) in [6.07, 6.45) is -1.86. The second-order valence-electron chi connectivity index (χ2n) is 9.91. The van der Waals surface area contributed by atoms with Gasteiger partial charge in [0.2, 0.25) is 10.0 Å². The number of anilines is 1. The number of phosphoric acid groups is 1. The molecule has 4 N–H and O–H groups in total. The maximum Gasteiger partial charge on any atom is 0.472 e. The Morgan fingerprint density at radius 2 is 1.85 bits per heavy atom. The van der Waals surface area contributed by atoms with Gasteiger partial charge < -0.3 is 25.4 Å². The van der Waals surface area contributed by atoms with Crippen LogP contribution in [0.3, 0.4) is 0 Å². The predicted molar refractivity (Wildman–Crippen MR) is 149 cm³/mol. The fourth-order valence-corrected chi connectivity index (χ4v) is 6.46. The number of nitrogens with one attached hydrogen (secondary N) is 1. The highest BCUT2D eigenvalue weighted by atomic mass is 32.2. The van der Waals surface area contributed by atoms with E-state index in [1.54, 1.807) is 12.1 Å². The zero-order valence-electron chi connectivity index (χ0n) is 22.8. The number of nitrogens with two attached hydrogens (primary N) is 1. The Kier molecular flexibility index (Phi) is 11.5. The van der Waals surface area contributed by atoms with Gasteiger partial charge in [-0.25, -0.2) is 17.8 Å². The Bertz CT molecular complexity index is 1240. The van der Waals surface area contributed by atoms with Gasteiger partial charge in [0.1, 0.15) is 12.2 Å². The number of nitrogen functional groups attached to an aromatic ring is 1. The van der Waals surface area contributed by atoms with E-state index in [-0.39, 0.29) is 36.9 Å². The van der Waals surface area contributed by atoms with E-state index in [0.717, 1.165) is 12.7 Å². The molecule has 1 heterocycles. The number of phosphoric ester groups is 1. The van der Waals surface area contributed by atoms with Crippen molar-refractivity contribution in [1.29, 1.82) is 0 Å². The van der Waals surface area contributed by atoms with Crippen LogP contribution >= 0.6 is 7.82 Å². The molecule has 14 heteroatoms. The SMILES string of the molecule is COP(=O)(O)O[C@H](CN(CC(C)C)S(=O)(=O)c1ccc(N)cc1)[C@H](Cc1ccccc1)NC(=O)O[C@H]1CCOC1. The highest BCUT2D eigenvalue weighted by Crippen LogP contribution is 2.44. The average Bonchev–Trinajstić information content (AvgIpc) is 3.41. The molecule has 0 saturated carbocycles. The van der Waals surface area contributed by atoms with Gasteiger partial charge in [-0.3, -0.25) is 9.05 Å². The third-order valence-electron chi connectivity index (χ3n) is 6.18. The highest BCUT2D eigenvalue weighted by molar-refractivity contribution is 7.89. The van der Waals surface area contributed by atoms with E-state index < -0.39 is 42.2 Å². The third-order valence-corrected chi connectivity index (χ3v) is 9.03. The van der Waals surface area contributed by atoms with Gasteiger partial charge in [0.25, 0.3) is 0 Å². The molecule has 3 rings (SSSR count). The van der Waals surface area contributed by atoms with Crippen molar-refractivity contribution in [3.63, 3.8) is 0 Å². The first-order chi connectivity index (χ1) is 18.9. The number of nitrogens with zero attached hydrogens (tertiary/aromatic N) is 1. The second kappa shape index (κ2) is 14.4. The van der Waals surface area contributed by atoms with Crippen LogP contribution < -0.4 is 11.1 Å². The van der Waals surface area contributed by atoms with E-state index >= 15 is 0 Å². The van der Waals surface area contributed by atoms with Crippen LogP contribution in [0, 0.1) is 5.92 Å². The predicted octanol–water partition coefficient (Wildman–Crippen LogP) is 3.17. The van der Waals surface area contributed by atoms with Crippen LogP contribution in [0.1, 0.15) is 25.8 Å². The van der Waals surface area contributed by atoms with Crippen molar-refractivity contribution < 1.29 is 41.2 Å². The van der Waals surface area contributed by atoms with Crippen molar-refractivity contribution >= 4 is 29.6 Å². The number of amides is 1. The van der Waals surface area contributed by atoms with Gasteiger partial charge in [-0.2, -0.15) is 4.31 Å². The number of carbonyl (C=O) groups is 1. The van der Waals surface area contributed by atoms with E-state index in [1.165, 1.54) is 28.6 Å². The quantitative estimate of drug-likeness (QED) is 0.217. The fourth-order valence-electron chi connectivity index (χ4n) is 4.20. The Labute approximate surface area is 235 Å². The minimum Gasteiger partial charge on any atom is -0.444 e. The maximum atomic E-state index is 13.7. The number of sulfonamides is 1. The molecule has 2 aromatic rings. The first-order valence-corrected chi connectivity index (χ1v) is 15.8. The zero-order valence-corrected chi connectivity index (χ0v) is 24.6. The molecular formula is C26H38N3O9PS. The summed E-state index contributed by atoms with van der Waals surface area (Å²) in [5.41, 5.74) is 6.92. The van der Waals surface area contributed by atoms with Crippen LogP contribution in [0.25, 0.3) is 0 Å². The van der Waals surface area contributed by atoms with E-state index in [9.17, 15) is 22.7 Å². The number of hydrogen-bond donors (Lipinski definition) is 3. The number of hydrogen-bond acceptors (Lipinski definition) is 9. The van der Waals surface area contributed by atoms with Crippen molar-refractivity contribution in [2.75, 3.05) is 39.1 Å². The van der Waals surface area contributed by atoms with E-state index in [2.05, 4.69) is 9.84 Å². The summed E-state index contributed by atoms with van der Waals surface area (Å²) >= 11 is 0. The summed E-state index contributed by atoms with van der Waals surface area (Å²) in [7, 11) is -7.73. The van der Waals surface area contributed by atoms with Gasteiger partial charge in [0.15, 0.2) is 0 Å². The van der Waals surface area contributed by atoms with Crippen LogP contribution in [0.5, 0.6) is 0 Å². The number of rotatable bonds is 14. The van der Waals surface area contributed by atoms with Crippen LogP contribution in [0.15, 0.2) is 59.5 Å². The first kappa shape index (κ1) is 32.0. The average molecular weight is 600 g/mol. The van der Waals surface area contributed by atoms with Gasteiger partial charge in [-0.05, 0) is 42.2 Å². The summed E-state index contributed by atoms with van der Waals surface area (Å²) in [6, 6.07) is 13.8. The fraction of sp³-hybridized carbons (Fsp3) is 0.500. The minimum absolute atomic E-state index is 0.00626. The number of ether oxygens (including phenoxy) is 2. The molecule has 0 aromatic heterocycles. The van der Waals surface area contributed by atoms with E-state index in [1.807, 2.05) is 32.0 Å². The Balaban J connectivity index is 1.98. The molecule has 1 fully saturated rings. The second-order valence-corrected chi connectivity index (χ2v) is 13.4. The molecular weight excluding hydrogens is 561 g/mol. The lowest BCUT2D eigenvalue weighted by Gasteiger charge is -2.33. The summed E-state index contributed by atoms with van der Waals surface area (Å²) in [4.78, 5) is 23.2. The molecule has 40 heavy (non-hydrogen) atoms. The van der Waals surface area contributed by atoms with Crippen LogP contribution in [0.4, 0.5) is 10.5 Å². The Morgan fingerprint density at radius 1 is 1.18 bits per heavy atom. The van der Waals surface area contributed by atoms with Gasteiger partial charge in [0, 0.05) is 32.3 Å². The van der Waals surface area contributed by atoms with Crippen molar-refractivity contribution in [2.45, 2.75) is 49.8 Å². The Hall–Kier alpha value is -2.51. The lowest BCUT2D eigenvalue weighted by molar-refractivity contribution is 0.0569. The normalized spacial score (nSPS) is 18.8. The lowest BCUT2D eigenvalue weighted by Crippen LogP contribution is -2.52.